The first-order valence-corrected chi connectivity index (χ1v) is 7.63. The van der Waals surface area contributed by atoms with Crippen LogP contribution in [0.4, 0.5) is 4.39 Å². The first kappa shape index (κ1) is 16.6. The van der Waals surface area contributed by atoms with Gasteiger partial charge in [0.15, 0.2) is 0 Å². The van der Waals surface area contributed by atoms with Crippen LogP contribution in [0.25, 0.3) is 0 Å². The Kier molecular flexibility index (Phi) is 6.04. The van der Waals surface area contributed by atoms with Crippen molar-refractivity contribution in [1.29, 1.82) is 0 Å². The lowest BCUT2D eigenvalue weighted by molar-refractivity contribution is 0.282. The zero-order valence-electron chi connectivity index (χ0n) is 13.1. The Morgan fingerprint density at radius 2 is 1.77 bits per heavy atom. The average Bonchev–Trinajstić information content (AvgIpc) is 2.53. The van der Waals surface area contributed by atoms with Gasteiger partial charge in [-0.05, 0) is 42.1 Å². The van der Waals surface area contributed by atoms with Gasteiger partial charge < -0.3 is 10.4 Å². The first-order valence-electron chi connectivity index (χ1n) is 7.63. The third kappa shape index (κ3) is 4.61. The van der Waals surface area contributed by atoms with Gasteiger partial charge >= 0.3 is 0 Å². The highest BCUT2D eigenvalue weighted by Crippen LogP contribution is 2.19. The van der Waals surface area contributed by atoms with E-state index in [0.717, 1.165) is 24.2 Å². The summed E-state index contributed by atoms with van der Waals surface area (Å²) in [5, 5.41) is 12.5. The number of pyridine rings is 1. The van der Waals surface area contributed by atoms with Crippen LogP contribution in [0.3, 0.4) is 0 Å². The van der Waals surface area contributed by atoms with Gasteiger partial charge in [-0.15, -0.1) is 0 Å². The van der Waals surface area contributed by atoms with E-state index in [9.17, 15) is 4.39 Å². The monoisotopic (exact) mass is 302 g/mol. The van der Waals surface area contributed by atoms with Crippen LogP contribution in [-0.4, -0.2) is 16.6 Å². The minimum absolute atomic E-state index is 0.0736. The maximum absolute atomic E-state index is 13.0. The molecule has 0 fully saturated rings. The highest BCUT2D eigenvalue weighted by Gasteiger charge is 2.16. The summed E-state index contributed by atoms with van der Waals surface area (Å²) in [6, 6.07) is 11.3. The van der Waals surface area contributed by atoms with E-state index in [0.29, 0.717) is 5.92 Å². The summed E-state index contributed by atoms with van der Waals surface area (Å²) in [4.78, 5) is 4.18. The van der Waals surface area contributed by atoms with E-state index in [4.69, 9.17) is 5.11 Å². The maximum Gasteiger partial charge on any atom is 0.141 e. The minimum atomic E-state index is -0.310. The summed E-state index contributed by atoms with van der Waals surface area (Å²) in [6.45, 7) is 5.14. The Labute approximate surface area is 131 Å². The number of rotatable bonds is 7. The summed E-state index contributed by atoms with van der Waals surface area (Å²) in [7, 11) is 0. The van der Waals surface area contributed by atoms with E-state index in [1.165, 1.54) is 17.8 Å². The standard InChI is InChI=1S/C18H23FN2O/c1-13(2)18(17-8-7-16(19)11-21-17)20-10-9-14-3-5-15(12-22)6-4-14/h3-8,11,13,18,20,22H,9-10,12H2,1-2H3. The van der Waals surface area contributed by atoms with E-state index in [1.54, 1.807) is 6.07 Å². The molecule has 3 nitrogen and oxygen atoms in total. The molecule has 1 aromatic heterocycles. The van der Waals surface area contributed by atoms with Crippen molar-refractivity contribution in [2.75, 3.05) is 6.54 Å². The first-order chi connectivity index (χ1) is 10.6. The molecule has 0 aliphatic carbocycles. The van der Waals surface area contributed by atoms with Crippen LogP contribution >= 0.6 is 0 Å². The van der Waals surface area contributed by atoms with Gasteiger partial charge in [-0.3, -0.25) is 4.98 Å². The predicted octanol–water partition coefficient (Wildman–Crippen LogP) is 3.24. The second-order valence-electron chi connectivity index (χ2n) is 5.80. The molecule has 0 bridgehead atoms. The van der Waals surface area contributed by atoms with Crippen molar-refractivity contribution in [3.8, 4) is 0 Å². The Balaban J connectivity index is 1.92. The molecule has 0 saturated heterocycles. The van der Waals surface area contributed by atoms with E-state index >= 15 is 0 Å². The number of halogens is 1. The lowest BCUT2D eigenvalue weighted by Crippen LogP contribution is -2.28. The van der Waals surface area contributed by atoms with E-state index in [-0.39, 0.29) is 18.5 Å². The average molecular weight is 302 g/mol. The van der Waals surface area contributed by atoms with E-state index < -0.39 is 0 Å². The molecule has 1 aromatic carbocycles. The van der Waals surface area contributed by atoms with Crippen LogP contribution in [-0.2, 0) is 13.0 Å². The molecule has 0 radical (unpaired) electrons. The van der Waals surface area contributed by atoms with Gasteiger partial charge in [-0.1, -0.05) is 38.1 Å². The zero-order valence-corrected chi connectivity index (χ0v) is 13.1. The highest BCUT2D eigenvalue weighted by atomic mass is 19.1. The van der Waals surface area contributed by atoms with Gasteiger partial charge in [0.25, 0.3) is 0 Å². The van der Waals surface area contributed by atoms with Crippen molar-refractivity contribution in [2.24, 2.45) is 5.92 Å². The predicted molar refractivity (Wildman–Crippen MR) is 85.8 cm³/mol. The van der Waals surface area contributed by atoms with Gasteiger partial charge in [0.2, 0.25) is 0 Å². The molecule has 1 unspecified atom stereocenters. The number of aromatic nitrogens is 1. The normalized spacial score (nSPS) is 12.6. The van der Waals surface area contributed by atoms with Crippen LogP contribution in [0.15, 0.2) is 42.6 Å². The molecular weight excluding hydrogens is 279 g/mol. The molecule has 0 saturated carbocycles. The molecule has 0 aliphatic heterocycles. The van der Waals surface area contributed by atoms with Crippen LogP contribution < -0.4 is 5.32 Å². The molecule has 2 rings (SSSR count). The molecule has 22 heavy (non-hydrogen) atoms. The van der Waals surface area contributed by atoms with Crippen molar-refractivity contribution in [1.82, 2.24) is 10.3 Å². The number of hydrogen-bond acceptors (Lipinski definition) is 3. The maximum atomic E-state index is 13.0. The summed E-state index contributed by atoms with van der Waals surface area (Å²) in [5.74, 6) is 0.0601. The second-order valence-corrected chi connectivity index (χ2v) is 5.80. The van der Waals surface area contributed by atoms with Gasteiger partial charge in [0.05, 0.1) is 24.5 Å². The van der Waals surface area contributed by atoms with Crippen LogP contribution in [0.1, 0.15) is 36.7 Å². The minimum Gasteiger partial charge on any atom is -0.392 e. The Bertz CT molecular complexity index is 567. The summed E-state index contributed by atoms with van der Waals surface area (Å²) in [6.07, 6.45) is 2.16. The second kappa shape index (κ2) is 8.01. The molecule has 4 heteroatoms. The quantitative estimate of drug-likeness (QED) is 0.825. The van der Waals surface area contributed by atoms with Crippen molar-refractivity contribution < 1.29 is 9.50 Å². The zero-order chi connectivity index (χ0) is 15.9. The summed E-state index contributed by atoms with van der Waals surface area (Å²) in [5.41, 5.74) is 3.01. The Morgan fingerprint density at radius 3 is 2.32 bits per heavy atom. The van der Waals surface area contributed by atoms with Crippen molar-refractivity contribution in [3.63, 3.8) is 0 Å². The van der Waals surface area contributed by atoms with E-state index in [2.05, 4.69) is 24.1 Å². The van der Waals surface area contributed by atoms with Gasteiger partial charge in [-0.25, -0.2) is 4.39 Å². The molecule has 1 atom stereocenters. The van der Waals surface area contributed by atoms with Gasteiger partial charge in [0.1, 0.15) is 5.82 Å². The molecule has 0 spiro atoms. The van der Waals surface area contributed by atoms with E-state index in [1.807, 2.05) is 24.3 Å². The fourth-order valence-corrected chi connectivity index (χ4v) is 2.44. The molecule has 0 aliphatic rings. The fraction of sp³-hybridized carbons (Fsp3) is 0.389. The number of nitrogens with one attached hydrogen (secondary N) is 1. The molecule has 1 heterocycles. The van der Waals surface area contributed by atoms with Crippen LogP contribution in [0.2, 0.25) is 0 Å². The molecule has 118 valence electrons. The number of nitrogens with zero attached hydrogens (tertiary/aromatic N) is 1. The van der Waals surface area contributed by atoms with Crippen LogP contribution in [0.5, 0.6) is 0 Å². The molecule has 0 amide bonds. The Hall–Kier alpha value is -1.78. The van der Waals surface area contributed by atoms with Crippen LogP contribution in [0, 0.1) is 11.7 Å². The summed E-state index contributed by atoms with van der Waals surface area (Å²) >= 11 is 0. The van der Waals surface area contributed by atoms with Crippen molar-refractivity contribution >= 4 is 0 Å². The van der Waals surface area contributed by atoms with Crippen molar-refractivity contribution in [2.45, 2.75) is 32.9 Å². The van der Waals surface area contributed by atoms with Crippen molar-refractivity contribution in [3.05, 3.63) is 65.2 Å². The smallest absolute Gasteiger partial charge is 0.141 e. The molecule has 2 aromatic rings. The fourth-order valence-electron chi connectivity index (χ4n) is 2.44. The Morgan fingerprint density at radius 1 is 1.09 bits per heavy atom. The number of hydrogen-bond donors (Lipinski definition) is 2. The lowest BCUT2D eigenvalue weighted by atomic mass is 10.00. The SMILES string of the molecule is CC(C)C(NCCc1ccc(CO)cc1)c1ccc(F)cn1. The molecular formula is C18H23FN2O. The third-order valence-corrected chi connectivity index (χ3v) is 3.72. The summed E-state index contributed by atoms with van der Waals surface area (Å²) < 4.78 is 13.0. The number of aliphatic hydroxyl groups excluding tert-OH is 1. The van der Waals surface area contributed by atoms with Gasteiger partial charge in [-0.2, -0.15) is 0 Å². The van der Waals surface area contributed by atoms with Gasteiger partial charge in [0, 0.05) is 0 Å². The largest absolute Gasteiger partial charge is 0.392 e. The molecule has 2 N–H and O–H groups in total. The highest BCUT2D eigenvalue weighted by molar-refractivity contribution is 5.22. The lowest BCUT2D eigenvalue weighted by Gasteiger charge is -2.22. The topological polar surface area (TPSA) is 45.1 Å². The number of benzene rings is 1. The number of aliphatic hydroxyl groups is 1. The third-order valence-electron chi connectivity index (χ3n) is 3.72.